The third-order valence-corrected chi connectivity index (χ3v) is 4.90. The molecule has 140 valence electrons. The number of furan rings is 1. The van der Waals surface area contributed by atoms with E-state index in [-0.39, 0.29) is 23.1 Å². The zero-order valence-corrected chi connectivity index (χ0v) is 16.0. The summed E-state index contributed by atoms with van der Waals surface area (Å²) in [6.07, 6.45) is 2.88. The molecule has 0 aliphatic carbocycles. The first-order valence-corrected chi connectivity index (χ1v) is 8.99. The Labute approximate surface area is 170 Å². The largest absolute Gasteiger partial charge is 0.457 e. The van der Waals surface area contributed by atoms with Crippen molar-refractivity contribution in [1.82, 2.24) is 0 Å². The second-order valence-electron chi connectivity index (χ2n) is 6.01. The van der Waals surface area contributed by atoms with E-state index in [1.54, 1.807) is 43.3 Å². The Morgan fingerprint density at radius 2 is 1.82 bits per heavy atom. The fraction of sp³-hybridized carbons (Fsp3) is 0.0476. The summed E-state index contributed by atoms with van der Waals surface area (Å²) in [5, 5.41) is 0.800. The topological polar surface area (TPSA) is 65.7 Å². The van der Waals surface area contributed by atoms with Crippen LogP contribution >= 0.6 is 23.2 Å². The molecule has 0 fully saturated rings. The number of allylic oxidation sites excluding steroid dienone is 1. The number of rotatable bonds is 3. The van der Waals surface area contributed by atoms with Gasteiger partial charge in [-0.15, -0.1) is 0 Å². The van der Waals surface area contributed by atoms with Gasteiger partial charge in [0.05, 0.1) is 11.8 Å². The van der Waals surface area contributed by atoms with Crippen LogP contribution in [0, 0.1) is 6.92 Å². The summed E-state index contributed by atoms with van der Waals surface area (Å²) >= 11 is 12.3. The van der Waals surface area contributed by atoms with Gasteiger partial charge < -0.3 is 13.9 Å². The summed E-state index contributed by atoms with van der Waals surface area (Å²) in [4.78, 5) is 24.8. The van der Waals surface area contributed by atoms with Crippen LogP contribution in [-0.4, -0.2) is 11.8 Å². The van der Waals surface area contributed by atoms with E-state index in [1.807, 2.05) is 0 Å². The second kappa shape index (κ2) is 7.19. The quantitative estimate of drug-likeness (QED) is 0.311. The Bertz CT molecular complexity index is 1110. The molecule has 0 saturated heterocycles. The maximum Gasteiger partial charge on any atom is 0.379 e. The van der Waals surface area contributed by atoms with Gasteiger partial charge in [-0.1, -0.05) is 29.3 Å². The molecule has 5 nitrogen and oxygen atoms in total. The first kappa shape index (κ1) is 18.3. The highest BCUT2D eigenvalue weighted by Gasteiger charge is 2.31. The molecule has 1 aliphatic heterocycles. The Kier molecular flexibility index (Phi) is 4.71. The van der Waals surface area contributed by atoms with Gasteiger partial charge in [0, 0.05) is 21.2 Å². The Morgan fingerprint density at radius 1 is 1.07 bits per heavy atom. The minimum absolute atomic E-state index is 0.0749. The second-order valence-corrected chi connectivity index (χ2v) is 6.82. The van der Waals surface area contributed by atoms with E-state index in [2.05, 4.69) is 0 Å². The first-order chi connectivity index (χ1) is 13.5. The lowest BCUT2D eigenvalue weighted by atomic mass is 10.1. The number of ether oxygens (including phenoxy) is 2. The normalized spacial score (nSPS) is 14.1. The smallest absolute Gasteiger partial charge is 0.379 e. The molecule has 0 saturated carbocycles. The van der Waals surface area contributed by atoms with Gasteiger partial charge in [-0.2, -0.15) is 0 Å². The van der Waals surface area contributed by atoms with Gasteiger partial charge in [0.1, 0.15) is 11.5 Å². The summed E-state index contributed by atoms with van der Waals surface area (Å²) in [6, 6.07) is 11.2. The van der Waals surface area contributed by atoms with Gasteiger partial charge in [0.2, 0.25) is 11.5 Å². The van der Waals surface area contributed by atoms with Crippen LogP contribution in [0.2, 0.25) is 10.0 Å². The summed E-state index contributed by atoms with van der Waals surface area (Å²) in [6.45, 7) is 1.70. The average Bonchev–Trinajstić information content (AvgIpc) is 3.30. The molecule has 0 N–H and O–H groups in total. The van der Waals surface area contributed by atoms with Gasteiger partial charge in [-0.25, -0.2) is 4.79 Å². The minimum Gasteiger partial charge on any atom is -0.457 e. The van der Waals surface area contributed by atoms with E-state index in [9.17, 15) is 9.59 Å². The third kappa shape index (κ3) is 3.19. The molecule has 2 heterocycles. The predicted octanol–water partition coefficient (Wildman–Crippen LogP) is 5.73. The van der Waals surface area contributed by atoms with Crippen molar-refractivity contribution in [3.05, 3.63) is 87.0 Å². The SMILES string of the molecule is Cc1c(OC(=O)c2ccco2)ccc2c1O/C(=C\c1c(Cl)cccc1Cl)C2=O. The number of halogens is 2. The van der Waals surface area contributed by atoms with Crippen molar-refractivity contribution in [1.29, 1.82) is 0 Å². The maximum atomic E-state index is 12.7. The number of Topliss-reactive ketones (excluding diaryl/α,β-unsaturated/α-hetero) is 1. The van der Waals surface area contributed by atoms with E-state index < -0.39 is 5.97 Å². The van der Waals surface area contributed by atoms with Gasteiger partial charge in [-0.05, 0) is 49.4 Å². The van der Waals surface area contributed by atoms with E-state index in [0.29, 0.717) is 32.5 Å². The molecule has 0 unspecified atom stereocenters. The number of carbonyl (C=O) groups excluding carboxylic acids is 2. The molecule has 0 spiro atoms. The number of hydrogen-bond donors (Lipinski definition) is 0. The van der Waals surface area contributed by atoms with E-state index in [0.717, 1.165) is 0 Å². The summed E-state index contributed by atoms with van der Waals surface area (Å²) < 4.78 is 16.1. The van der Waals surface area contributed by atoms with E-state index >= 15 is 0 Å². The molecule has 4 rings (SSSR count). The van der Waals surface area contributed by atoms with Crippen molar-refractivity contribution in [2.45, 2.75) is 6.92 Å². The van der Waals surface area contributed by atoms with Crippen LogP contribution in [-0.2, 0) is 0 Å². The molecule has 7 heteroatoms. The molecule has 28 heavy (non-hydrogen) atoms. The summed E-state index contributed by atoms with van der Waals surface area (Å²) in [5.74, 6) is -0.198. The molecule has 0 amide bonds. The van der Waals surface area contributed by atoms with E-state index in [4.69, 9.17) is 37.1 Å². The van der Waals surface area contributed by atoms with Crippen molar-refractivity contribution in [3.8, 4) is 11.5 Å². The zero-order chi connectivity index (χ0) is 19.8. The Balaban J connectivity index is 1.67. The lowest BCUT2D eigenvalue weighted by molar-refractivity contribution is 0.0700. The van der Waals surface area contributed by atoms with Gasteiger partial charge in [0.25, 0.3) is 0 Å². The summed E-state index contributed by atoms with van der Waals surface area (Å²) in [7, 11) is 0. The molecule has 1 aliphatic rings. The highest BCUT2D eigenvalue weighted by atomic mass is 35.5. The van der Waals surface area contributed by atoms with Crippen molar-refractivity contribution < 1.29 is 23.5 Å². The third-order valence-electron chi connectivity index (χ3n) is 4.24. The van der Waals surface area contributed by atoms with Gasteiger partial charge in [0.15, 0.2) is 5.76 Å². The Hall–Kier alpha value is -3.02. The van der Waals surface area contributed by atoms with Crippen LogP contribution in [0.4, 0.5) is 0 Å². The van der Waals surface area contributed by atoms with Crippen LogP contribution in [0.15, 0.2) is 58.9 Å². The maximum absolute atomic E-state index is 12.7. The van der Waals surface area contributed by atoms with Crippen LogP contribution < -0.4 is 9.47 Å². The summed E-state index contributed by atoms with van der Waals surface area (Å²) in [5.41, 5.74) is 1.37. The van der Waals surface area contributed by atoms with Crippen LogP contribution in [0.3, 0.4) is 0 Å². The first-order valence-electron chi connectivity index (χ1n) is 8.23. The van der Waals surface area contributed by atoms with Gasteiger partial charge >= 0.3 is 5.97 Å². The van der Waals surface area contributed by atoms with Gasteiger partial charge in [-0.3, -0.25) is 4.79 Å². The molecular formula is C21H12Cl2O5. The van der Waals surface area contributed by atoms with E-state index in [1.165, 1.54) is 18.4 Å². The van der Waals surface area contributed by atoms with Crippen molar-refractivity contribution in [2.75, 3.05) is 0 Å². The van der Waals surface area contributed by atoms with Crippen molar-refractivity contribution in [2.24, 2.45) is 0 Å². The molecule has 0 radical (unpaired) electrons. The lowest BCUT2D eigenvalue weighted by Gasteiger charge is -2.09. The minimum atomic E-state index is -0.643. The number of carbonyl (C=O) groups is 2. The lowest BCUT2D eigenvalue weighted by Crippen LogP contribution is -2.08. The zero-order valence-electron chi connectivity index (χ0n) is 14.5. The van der Waals surface area contributed by atoms with Crippen LogP contribution in [0.25, 0.3) is 6.08 Å². The fourth-order valence-electron chi connectivity index (χ4n) is 2.80. The number of hydrogen-bond acceptors (Lipinski definition) is 5. The molecular weight excluding hydrogens is 403 g/mol. The highest BCUT2D eigenvalue weighted by Crippen LogP contribution is 2.40. The fourth-order valence-corrected chi connectivity index (χ4v) is 3.31. The number of esters is 1. The standard InChI is InChI=1S/C21H12Cl2O5/c1-11-16(28-21(25)17-6-3-9-26-17)8-7-12-19(24)18(27-20(11)12)10-13-14(22)4-2-5-15(13)23/h2-10H,1H3/b18-10-. The average molecular weight is 415 g/mol. The molecule has 3 aromatic rings. The van der Waals surface area contributed by atoms with Crippen molar-refractivity contribution >= 4 is 41.0 Å². The highest BCUT2D eigenvalue weighted by molar-refractivity contribution is 6.37. The van der Waals surface area contributed by atoms with Crippen LogP contribution in [0.1, 0.15) is 32.0 Å². The van der Waals surface area contributed by atoms with Crippen LogP contribution in [0.5, 0.6) is 11.5 Å². The molecule has 0 atom stereocenters. The molecule has 0 bridgehead atoms. The molecule has 2 aromatic carbocycles. The van der Waals surface area contributed by atoms with Crippen molar-refractivity contribution in [3.63, 3.8) is 0 Å². The molecule has 1 aromatic heterocycles. The monoisotopic (exact) mass is 414 g/mol. The predicted molar refractivity (Wildman–Crippen MR) is 104 cm³/mol. The number of fused-ring (bicyclic) bond motifs is 1. The Morgan fingerprint density at radius 3 is 2.50 bits per heavy atom. The number of benzene rings is 2. The number of ketones is 1.